The predicted octanol–water partition coefficient (Wildman–Crippen LogP) is 1.98. The maximum atomic E-state index is 10.8. The van der Waals surface area contributed by atoms with E-state index in [1.165, 1.54) is 13.8 Å². The number of carbonyl (C=O) groups is 2. The van der Waals surface area contributed by atoms with Gasteiger partial charge in [-0.3, -0.25) is 9.59 Å². The highest BCUT2D eigenvalue weighted by molar-refractivity contribution is 5.66. The molecule has 0 saturated carbocycles. The predicted molar refractivity (Wildman–Crippen MR) is 58.7 cm³/mol. The van der Waals surface area contributed by atoms with Gasteiger partial charge in [0.25, 0.3) is 0 Å². The fourth-order valence-corrected chi connectivity index (χ4v) is 1.75. The van der Waals surface area contributed by atoms with Crippen molar-refractivity contribution in [1.82, 2.24) is 0 Å². The minimum atomic E-state index is -0.278. The van der Waals surface area contributed by atoms with E-state index in [4.69, 9.17) is 9.47 Å². The first-order valence-corrected chi connectivity index (χ1v) is 5.60. The summed E-state index contributed by atoms with van der Waals surface area (Å²) in [6.07, 6.45) is 6.88. The van der Waals surface area contributed by atoms with E-state index in [0.29, 0.717) is 0 Å². The SMILES string of the molecule is CC(=O)OC1/C=C\C(OC(C)=O)CCCC1. The Kier molecular flexibility index (Phi) is 5.02. The van der Waals surface area contributed by atoms with Crippen LogP contribution in [0, 0.1) is 0 Å². The van der Waals surface area contributed by atoms with Gasteiger partial charge in [0.15, 0.2) is 0 Å². The van der Waals surface area contributed by atoms with Crippen LogP contribution in [0.4, 0.5) is 0 Å². The van der Waals surface area contributed by atoms with Gasteiger partial charge in [-0.25, -0.2) is 0 Å². The van der Waals surface area contributed by atoms with Crippen LogP contribution in [-0.4, -0.2) is 24.1 Å². The molecule has 16 heavy (non-hydrogen) atoms. The summed E-state index contributed by atoms with van der Waals surface area (Å²) >= 11 is 0. The van der Waals surface area contributed by atoms with Crippen molar-refractivity contribution in [3.05, 3.63) is 12.2 Å². The van der Waals surface area contributed by atoms with Crippen molar-refractivity contribution in [1.29, 1.82) is 0 Å². The highest BCUT2D eigenvalue weighted by atomic mass is 16.5. The highest BCUT2D eigenvalue weighted by Crippen LogP contribution is 2.16. The van der Waals surface area contributed by atoms with Crippen LogP contribution in [0.1, 0.15) is 39.5 Å². The number of hydrogen-bond acceptors (Lipinski definition) is 4. The largest absolute Gasteiger partial charge is 0.458 e. The van der Waals surface area contributed by atoms with Crippen molar-refractivity contribution in [2.45, 2.75) is 51.7 Å². The summed E-state index contributed by atoms with van der Waals surface area (Å²) in [6, 6.07) is 0. The van der Waals surface area contributed by atoms with Gasteiger partial charge >= 0.3 is 11.9 Å². The van der Waals surface area contributed by atoms with Crippen LogP contribution in [0.25, 0.3) is 0 Å². The molecule has 0 aliphatic heterocycles. The average Bonchev–Trinajstić information content (AvgIpc) is 2.14. The molecular weight excluding hydrogens is 208 g/mol. The van der Waals surface area contributed by atoms with Gasteiger partial charge in [0.1, 0.15) is 12.2 Å². The number of esters is 2. The maximum absolute atomic E-state index is 10.8. The summed E-state index contributed by atoms with van der Waals surface area (Å²) < 4.78 is 10.2. The van der Waals surface area contributed by atoms with Crippen LogP contribution in [0.15, 0.2) is 12.2 Å². The second kappa shape index (κ2) is 6.30. The van der Waals surface area contributed by atoms with Crippen molar-refractivity contribution in [3.63, 3.8) is 0 Å². The zero-order valence-corrected chi connectivity index (χ0v) is 9.77. The molecular formula is C12H18O4. The van der Waals surface area contributed by atoms with Gasteiger partial charge in [-0.1, -0.05) is 0 Å². The Morgan fingerprint density at radius 1 is 0.938 bits per heavy atom. The van der Waals surface area contributed by atoms with Gasteiger partial charge in [0.2, 0.25) is 0 Å². The van der Waals surface area contributed by atoms with Gasteiger partial charge in [-0.05, 0) is 37.8 Å². The third-order valence-electron chi connectivity index (χ3n) is 2.40. The third kappa shape index (κ3) is 4.96. The van der Waals surface area contributed by atoms with Gasteiger partial charge in [-0.15, -0.1) is 0 Å². The average molecular weight is 226 g/mol. The zero-order valence-electron chi connectivity index (χ0n) is 9.77. The van der Waals surface area contributed by atoms with E-state index in [9.17, 15) is 9.59 Å². The van der Waals surface area contributed by atoms with Crippen molar-refractivity contribution in [3.8, 4) is 0 Å². The second-order valence-electron chi connectivity index (χ2n) is 3.97. The highest BCUT2D eigenvalue weighted by Gasteiger charge is 2.15. The molecule has 0 aromatic carbocycles. The molecule has 0 aromatic heterocycles. The molecule has 0 spiro atoms. The Morgan fingerprint density at radius 3 is 1.62 bits per heavy atom. The molecule has 4 nitrogen and oxygen atoms in total. The first-order valence-electron chi connectivity index (χ1n) is 5.60. The number of ether oxygens (including phenoxy) is 2. The molecule has 2 atom stereocenters. The second-order valence-corrected chi connectivity index (χ2v) is 3.97. The normalized spacial score (nSPS) is 27.4. The number of hydrogen-bond donors (Lipinski definition) is 0. The van der Waals surface area contributed by atoms with E-state index in [1.54, 1.807) is 0 Å². The van der Waals surface area contributed by atoms with Crippen molar-refractivity contribution in [2.75, 3.05) is 0 Å². The van der Waals surface area contributed by atoms with E-state index in [2.05, 4.69) is 0 Å². The van der Waals surface area contributed by atoms with Gasteiger partial charge in [-0.2, -0.15) is 0 Å². The lowest BCUT2D eigenvalue weighted by Crippen LogP contribution is -2.19. The number of rotatable bonds is 2. The van der Waals surface area contributed by atoms with Gasteiger partial charge in [0, 0.05) is 13.8 Å². The first kappa shape index (κ1) is 12.7. The Bertz CT molecular complexity index is 255. The van der Waals surface area contributed by atoms with Crippen LogP contribution >= 0.6 is 0 Å². The summed E-state index contributed by atoms with van der Waals surface area (Å²) in [4.78, 5) is 21.7. The molecule has 0 bridgehead atoms. The molecule has 1 rings (SSSR count). The minimum Gasteiger partial charge on any atom is -0.458 e. The van der Waals surface area contributed by atoms with Gasteiger partial charge < -0.3 is 9.47 Å². The molecule has 0 radical (unpaired) electrons. The Hall–Kier alpha value is -1.32. The molecule has 4 heteroatoms. The Labute approximate surface area is 95.6 Å². The molecule has 90 valence electrons. The summed E-state index contributed by atoms with van der Waals surface area (Å²) in [6.45, 7) is 2.80. The molecule has 0 aromatic rings. The van der Waals surface area contributed by atoms with Crippen LogP contribution in [0.5, 0.6) is 0 Å². The molecule has 0 saturated heterocycles. The quantitative estimate of drug-likeness (QED) is 0.533. The maximum Gasteiger partial charge on any atom is 0.303 e. The molecule has 0 N–H and O–H groups in total. The standard InChI is InChI=1S/C12H18O4/c1-9(13)15-11-5-3-4-6-12(8-7-11)16-10(2)14/h7-8,11-12H,3-6H2,1-2H3/b8-7-. The lowest BCUT2D eigenvalue weighted by Gasteiger charge is -2.19. The van der Waals surface area contributed by atoms with Crippen molar-refractivity contribution in [2.24, 2.45) is 0 Å². The van der Waals surface area contributed by atoms with E-state index in [-0.39, 0.29) is 24.1 Å². The van der Waals surface area contributed by atoms with E-state index in [0.717, 1.165) is 25.7 Å². The van der Waals surface area contributed by atoms with Crippen LogP contribution < -0.4 is 0 Å². The fraction of sp³-hybridized carbons (Fsp3) is 0.667. The van der Waals surface area contributed by atoms with Gasteiger partial charge in [0.05, 0.1) is 0 Å². The fourth-order valence-electron chi connectivity index (χ4n) is 1.75. The van der Waals surface area contributed by atoms with Crippen LogP contribution in [-0.2, 0) is 19.1 Å². The van der Waals surface area contributed by atoms with Crippen molar-refractivity contribution < 1.29 is 19.1 Å². The first-order chi connectivity index (χ1) is 7.58. The lowest BCUT2D eigenvalue weighted by atomic mass is 10.0. The van der Waals surface area contributed by atoms with Crippen LogP contribution in [0.2, 0.25) is 0 Å². The molecule has 0 heterocycles. The molecule has 0 fully saturated rings. The summed E-state index contributed by atoms with van der Waals surface area (Å²) in [7, 11) is 0. The molecule has 0 amide bonds. The molecule has 1 aliphatic carbocycles. The zero-order chi connectivity index (χ0) is 12.0. The number of carbonyl (C=O) groups excluding carboxylic acids is 2. The summed E-state index contributed by atoms with van der Waals surface area (Å²) in [5.41, 5.74) is 0. The summed E-state index contributed by atoms with van der Waals surface area (Å²) in [5.74, 6) is -0.557. The third-order valence-corrected chi connectivity index (χ3v) is 2.40. The minimum absolute atomic E-state index is 0.184. The lowest BCUT2D eigenvalue weighted by molar-refractivity contribution is -0.146. The van der Waals surface area contributed by atoms with Crippen LogP contribution in [0.3, 0.4) is 0 Å². The monoisotopic (exact) mass is 226 g/mol. The Balaban J connectivity index is 2.54. The smallest absolute Gasteiger partial charge is 0.303 e. The summed E-state index contributed by atoms with van der Waals surface area (Å²) in [5, 5.41) is 0. The van der Waals surface area contributed by atoms with E-state index < -0.39 is 0 Å². The molecule has 1 aliphatic rings. The topological polar surface area (TPSA) is 52.6 Å². The molecule has 2 unspecified atom stereocenters. The van der Waals surface area contributed by atoms with E-state index in [1.807, 2.05) is 12.2 Å². The van der Waals surface area contributed by atoms with Crippen molar-refractivity contribution >= 4 is 11.9 Å². The van der Waals surface area contributed by atoms with E-state index >= 15 is 0 Å². The Morgan fingerprint density at radius 2 is 1.31 bits per heavy atom.